The molecule has 0 amide bonds. The summed E-state index contributed by atoms with van der Waals surface area (Å²) in [5, 5.41) is 28.7. The highest BCUT2D eigenvalue weighted by Crippen LogP contribution is 2.26. The van der Waals surface area contributed by atoms with Crippen molar-refractivity contribution in [3.8, 4) is 0 Å². The lowest BCUT2D eigenvalue weighted by Gasteiger charge is -2.16. The zero-order valence-electron chi connectivity index (χ0n) is 9.50. The van der Waals surface area contributed by atoms with Gasteiger partial charge in [0.1, 0.15) is 5.25 Å². The molecule has 0 fully saturated rings. The van der Waals surface area contributed by atoms with Crippen LogP contribution in [0.2, 0.25) is 0 Å². The van der Waals surface area contributed by atoms with E-state index in [4.69, 9.17) is 5.11 Å². The minimum absolute atomic E-state index is 0.172. The Bertz CT molecular complexity index is 503. The van der Waals surface area contributed by atoms with Crippen molar-refractivity contribution < 1.29 is 19.7 Å². The molecule has 0 heterocycles. The molecular weight excluding hydrogens is 276 g/mol. The number of carboxylic acids is 1. The van der Waals surface area contributed by atoms with Crippen LogP contribution in [-0.2, 0) is 4.79 Å². The molecule has 1 rings (SSSR count). The zero-order valence-corrected chi connectivity index (χ0v) is 10.4. The molecule has 0 saturated carbocycles. The lowest BCUT2D eigenvalue weighted by Crippen LogP contribution is -2.28. The molecule has 0 aliphatic heterocycles. The van der Waals surface area contributed by atoms with E-state index in [1.54, 1.807) is 0 Å². The predicted octanol–water partition coefficient (Wildman–Crippen LogP) is 1.34. The van der Waals surface area contributed by atoms with Gasteiger partial charge in [0.2, 0.25) is 6.54 Å². The third kappa shape index (κ3) is 3.91. The Morgan fingerprint density at radius 3 is 2.16 bits per heavy atom. The summed E-state index contributed by atoms with van der Waals surface area (Å²) in [6.45, 7) is -0.613. The van der Waals surface area contributed by atoms with E-state index in [1.165, 1.54) is 24.3 Å². The van der Waals surface area contributed by atoms with Gasteiger partial charge in [-0.1, -0.05) is 12.1 Å². The number of nitro groups is 2. The molecule has 0 bridgehead atoms. The summed E-state index contributed by atoms with van der Waals surface area (Å²) in [4.78, 5) is 30.7. The number of carboxylic acid groups (broad SMARTS) is 1. The number of hydrogen-bond acceptors (Lipinski definition) is 6. The normalized spacial score (nSPS) is 13.5. The Morgan fingerprint density at radius 2 is 1.79 bits per heavy atom. The van der Waals surface area contributed by atoms with E-state index in [2.05, 4.69) is 12.6 Å². The van der Waals surface area contributed by atoms with Crippen molar-refractivity contribution in [2.24, 2.45) is 0 Å². The van der Waals surface area contributed by atoms with Gasteiger partial charge in [0.05, 0.1) is 10.8 Å². The van der Waals surface area contributed by atoms with Crippen molar-refractivity contribution in [2.45, 2.75) is 11.2 Å². The SMILES string of the molecule is O=C(O)[C@@H](S)[C@H](C[N+](=O)[O-])c1ccc([N+](=O)[O-])cc1. The zero-order chi connectivity index (χ0) is 14.6. The largest absolute Gasteiger partial charge is 0.480 e. The maximum atomic E-state index is 10.9. The molecule has 0 aromatic heterocycles. The Balaban J connectivity index is 3.06. The van der Waals surface area contributed by atoms with Gasteiger partial charge in [-0.3, -0.25) is 25.0 Å². The number of nitro benzene ring substituents is 1. The number of hydrogen-bond donors (Lipinski definition) is 2. The lowest BCUT2D eigenvalue weighted by molar-refractivity contribution is -0.483. The van der Waals surface area contributed by atoms with Gasteiger partial charge in [0.25, 0.3) is 5.69 Å². The third-order valence-corrected chi connectivity index (χ3v) is 3.09. The van der Waals surface area contributed by atoms with Crippen LogP contribution in [0.5, 0.6) is 0 Å². The smallest absolute Gasteiger partial charge is 0.317 e. The summed E-state index contributed by atoms with van der Waals surface area (Å²) < 4.78 is 0. The molecule has 0 aliphatic carbocycles. The van der Waals surface area contributed by atoms with Crippen LogP contribution in [-0.4, -0.2) is 32.7 Å². The van der Waals surface area contributed by atoms with E-state index in [9.17, 15) is 25.0 Å². The summed E-state index contributed by atoms with van der Waals surface area (Å²) in [5.41, 5.74) is 0.152. The van der Waals surface area contributed by atoms with Gasteiger partial charge < -0.3 is 5.11 Å². The lowest BCUT2D eigenvalue weighted by atomic mass is 9.95. The van der Waals surface area contributed by atoms with Gasteiger partial charge in [0.15, 0.2) is 0 Å². The second kappa shape index (κ2) is 6.14. The van der Waals surface area contributed by atoms with Crippen molar-refractivity contribution in [1.29, 1.82) is 0 Å². The molecule has 8 nitrogen and oxygen atoms in total. The van der Waals surface area contributed by atoms with Gasteiger partial charge >= 0.3 is 5.97 Å². The Labute approximate surface area is 112 Å². The summed E-state index contributed by atoms with van der Waals surface area (Å²) in [6, 6.07) is 4.95. The molecule has 1 aromatic carbocycles. The quantitative estimate of drug-likeness (QED) is 0.462. The topological polar surface area (TPSA) is 124 Å². The molecule has 1 N–H and O–H groups in total. The van der Waals surface area contributed by atoms with E-state index in [-0.39, 0.29) is 5.69 Å². The molecule has 0 spiro atoms. The van der Waals surface area contributed by atoms with E-state index in [1.807, 2.05) is 0 Å². The number of benzene rings is 1. The molecule has 2 atom stereocenters. The molecule has 0 saturated heterocycles. The van der Waals surface area contributed by atoms with Crippen LogP contribution in [0, 0.1) is 20.2 Å². The second-order valence-electron chi connectivity index (χ2n) is 3.75. The maximum absolute atomic E-state index is 10.9. The molecule has 19 heavy (non-hydrogen) atoms. The Kier molecular flexibility index (Phi) is 4.81. The van der Waals surface area contributed by atoms with Gasteiger partial charge in [-0.05, 0) is 5.56 Å². The highest BCUT2D eigenvalue weighted by Gasteiger charge is 2.30. The van der Waals surface area contributed by atoms with E-state index >= 15 is 0 Å². The first-order valence-electron chi connectivity index (χ1n) is 5.10. The number of rotatable bonds is 6. The molecule has 0 radical (unpaired) electrons. The van der Waals surface area contributed by atoms with Crippen LogP contribution in [0.3, 0.4) is 0 Å². The van der Waals surface area contributed by atoms with Gasteiger partial charge in [-0.2, -0.15) is 12.6 Å². The number of thiol groups is 1. The van der Waals surface area contributed by atoms with Gasteiger partial charge in [-0.25, -0.2) is 0 Å². The van der Waals surface area contributed by atoms with E-state index < -0.39 is 33.5 Å². The van der Waals surface area contributed by atoms with Crippen molar-refractivity contribution in [3.05, 3.63) is 50.1 Å². The van der Waals surface area contributed by atoms with E-state index in [0.29, 0.717) is 5.56 Å². The standard InChI is InChI=1S/C10H10N2O6S/c13-10(14)9(19)8(5-11(15)16)6-1-3-7(4-2-6)12(17)18/h1-4,8-9,19H,5H2,(H,13,14)/t8-,9+/m1/s1. The van der Waals surface area contributed by atoms with Crippen LogP contribution < -0.4 is 0 Å². The molecule has 1 aromatic rings. The van der Waals surface area contributed by atoms with Crippen molar-refractivity contribution >= 4 is 24.3 Å². The molecule has 9 heteroatoms. The minimum Gasteiger partial charge on any atom is -0.480 e. The number of carbonyl (C=O) groups is 1. The first kappa shape index (κ1) is 14.9. The Morgan fingerprint density at radius 1 is 1.26 bits per heavy atom. The molecule has 102 valence electrons. The number of non-ortho nitro benzene ring substituents is 1. The number of nitrogens with zero attached hydrogens (tertiary/aromatic N) is 2. The van der Waals surface area contributed by atoms with Gasteiger partial charge in [0, 0.05) is 17.1 Å². The van der Waals surface area contributed by atoms with Crippen molar-refractivity contribution in [2.75, 3.05) is 6.54 Å². The van der Waals surface area contributed by atoms with Crippen molar-refractivity contribution in [1.82, 2.24) is 0 Å². The average Bonchev–Trinajstić information content (AvgIpc) is 2.35. The maximum Gasteiger partial charge on any atom is 0.317 e. The minimum atomic E-state index is -1.28. The van der Waals surface area contributed by atoms with Gasteiger partial charge in [-0.15, -0.1) is 0 Å². The highest BCUT2D eigenvalue weighted by atomic mass is 32.1. The summed E-state index contributed by atoms with van der Waals surface area (Å²) in [6.07, 6.45) is 0. The van der Waals surface area contributed by atoms with Crippen LogP contribution in [0.15, 0.2) is 24.3 Å². The molecule has 0 unspecified atom stereocenters. The first-order chi connectivity index (χ1) is 8.82. The fourth-order valence-corrected chi connectivity index (χ4v) is 1.83. The summed E-state index contributed by atoms with van der Waals surface area (Å²) >= 11 is 3.83. The summed E-state index contributed by atoms with van der Waals surface area (Å²) in [5.74, 6) is -2.25. The van der Waals surface area contributed by atoms with Crippen LogP contribution in [0.4, 0.5) is 5.69 Å². The predicted molar refractivity (Wildman–Crippen MR) is 68.1 cm³/mol. The Hall–Kier alpha value is -2.16. The van der Waals surface area contributed by atoms with Crippen LogP contribution in [0.1, 0.15) is 11.5 Å². The number of aliphatic carboxylic acids is 1. The van der Waals surface area contributed by atoms with Crippen molar-refractivity contribution in [3.63, 3.8) is 0 Å². The summed E-state index contributed by atoms with van der Waals surface area (Å²) in [7, 11) is 0. The highest BCUT2D eigenvalue weighted by molar-refractivity contribution is 7.81. The fourth-order valence-electron chi connectivity index (χ4n) is 1.56. The van der Waals surface area contributed by atoms with Crippen LogP contribution in [0.25, 0.3) is 0 Å². The first-order valence-corrected chi connectivity index (χ1v) is 5.61. The molecule has 0 aliphatic rings. The second-order valence-corrected chi connectivity index (χ2v) is 4.31. The third-order valence-electron chi connectivity index (χ3n) is 2.51. The van der Waals surface area contributed by atoms with Crippen LogP contribution >= 0.6 is 12.6 Å². The molecular formula is C10H10N2O6S. The fraction of sp³-hybridized carbons (Fsp3) is 0.300. The average molecular weight is 286 g/mol. The monoisotopic (exact) mass is 286 g/mol. The van der Waals surface area contributed by atoms with E-state index in [0.717, 1.165) is 0 Å².